The molecule has 0 bridgehead atoms. The fraction of sp³-hybridized carbons (Fsp3) is 0.143. The van der Waals surface area contributed by atoms with Crippen molar-refractivity contribution in [3.05, 3.63) is 63.9 Å². The zero-order valence-electron chi connectivity index (χ0n) is 9.57. The molecule has 0 heterocycles. The molecule has 94 valence electrons. The summed E-state index contributed by atoms with van der Waals surface area (Å²) < 4.78 is 14.4. The minimum Gasteiger partial charge on any atom is -0.392 e. The van der Waals surface area contributed by atoms with Crippen LogP contribution >= 0.6 is 27.7 Å². The second-order valence-corrected chi connectivity index (χ2v) is 5.79. The van der Waals surface area contributed by atoms with Crippen molar-refractivity contribution in [2.45, 2.75) is 17.3 Å². The highest BCUT2D eigenvalue weighted by molar-refractivity contribution is 9.10. The first-order valence-electron chi connectivity index (χ1n) is 5.45. The molecular weight excluding hydrogens is 315 g/mol. The SMILES string of the molecule is OCc1ccc(SCc2cc(Br)ccc2F)cc1. The van der Waals surface area contributed by atoms with Gasteiger partial charge in [-0.05, 0) is 41.5 Å². The summed E-state index contributed by atoms with van der Waals surface area (Å²) in [5, 5.41) is 8.94. The smallest absolute Gasteiger partial charge is 0.127 e. The van der Waals surface area contributed by atoms with E-state index in [2.05, 4.69) is 15.9 Å². The number of benzene rings is 2. The molecule has 0 atom stereocenters. The lowest BCUT2D eigenvalue weighted by Crippen LogP contribution is -1.88. The highest BCUT2D eigenvalue weighted by Gasteiger charge is 2.04. The van der Waals surface area contributed by atoms with Gasteiger partial charge in [-0.3, -0.25) is 0 Å². The maximum absolute atomic E-state index is 13.5. The van der Waals surface area contributed by atoms with E-state index >= 15 is 0 Å². The summed E-state index contributed by atoms with van der Waals surface area (Å²) in [7, 11) is 0. The van der Waals surface area contributed by atoms with Gasteiger partial charge in [-0.25, -0.2) is 4.39 Å². The minimum atomic E-state index is -0.183. The standard InChI is InChI=1S/C14H12BrFOS/c15-12-3-6-14(16)11(7-12)9-18-13-4-1-10(8-17)2-5-13/h1-7,17H,8-9H2. The number of thioether (sulfide) groups is 1. The second-order valence-electron chi connectivity index (χ2n) is 3.83. The Morgan fingerprint density at radius 3 is 2.50 bits per heavy atom. The van der Waals surface area contributed by atoms with Crippen LogP contribution in [-0.2, 0) is 12.4 Å². The number of aliphatic hydroxyl groups excluding tert-OH is 1. The first kappa shape index (κ1) is 13.6. The quantitative estimate of drug-likeness (QED) is 0.842. The lowest BCUT2D eigenvalue weighted by atomic mass is 10.2. The Balaban J connectivity index is 2.04. The van der Waals surface area contributed by atoms with Gasteiger partial charge in [0.25, 0.3) is 0 Å². The Labute approximate surface area is 118 Å². The molecule has 1 nitrogen and oxygen atoms in total. The van der Waals surface area contributed by atoms with Crippen LogP contribution in [0.1, 0.15) is 11.1 Å². The Morgan fingerprint density at radius 1 is 1.11 bits per heavy atom. The van der Waals surface area contributed by atoms with Crippen molar-refractivity contribution in [3.8, 4) is 0 Å². The predicted octanol–water partition coefficient (Wildman–Crippen LogP) is 4.37. The summed E-state index contributed by atoms with van der Waals surface area (Å²) in [6, 6.07) is 12.6. The van der Waals surface area contributed by atoms with Gasteiger partial charge in [-0.2, -0.15) is 0 Å². The molecule has 0 spiro atoms. The fourth-order valence-electron chi connectivity index (χ4n) is 1.51. The van der Waals surface area contributed by atoms with Crippen molar-refractivity contribution in [1.82, 2.24) is 0 Å². The van der Waals surface area contributed by atoms with E-state index in [1.807, 2.05) is 24.3 Å². The number of aliphatic hydroxyl groups is 1. The van der Waals surface area contributed by atoms with E-state index in [0.717, 1.165) is 14.9 Å². The molecule has 0 fully saturated rings. The number of rotatable bonds is 4. The van der Waals surface area contributed by atoms with Crippen LogP contribution in [0.2, 0.25) is 0 Å². The highest BCUT2D eigenvalue weighted by atomic mass is 79.9. The zero-order valence-corrected chi connectivity index (χ0v) is 12.0. The van der Waals surface area contributed by atoms with Gasteiger partial charge in [-0.1, -0.05) is 28.1 Å². The maximum Gasteiger partial charge on any atom is 0.127 e. The largest absolute Gasteiger partial charge is 0.392 e. The first-order chi connectivity index (χ1) is 8.69. The average molecular weight is 327 g/mol. The molecule has 0 radical (unpaired) electrons. The van der Waals surface area contributed by atoms with Gasteiger partial charge < -0.3 is 5.11 Å². The molecule has 2 aromatic rings. The summed E-state index contributed by atoms with van der Waals surface area (Å²) in [6.07, 6.45) is 0. The fourth-order valence-corrected chi connectivity index (χ4v) is 2.79. The number of hydrogen-bond acceptors (Lipinski definition) is 2. The summed E-state index contributed by atoms with van der Waals surface area (Å²) >= 11 is 4.91. The molecule has 2 aromatic carbocycles. The van der Waals surface area contributed by atoms with Crippen molar-refractivity contribution >= 4 is 27.7 Å². The third-order valence-electron chi connectivity index (χ3n) is 2.51. The van der Waals surface area contributed by atoms with E-state index in [9.17, 15) is 4.39 Å². The minimum absolute atomic E-state index is 0.0468. The zero-order chi connectivity index (χ0) is 13.0. The van der Waals surface area contributed by atoms with E-state index < -0.39 is 0 Å². The van der Waals surface area contributed by atoms with Crippen LogP contribution in [-0.4, -0.2) is 5.11 Å². The van der Waals surface area contributed by atoms with Gasteiger partial charge >= 0.3 is 0 Å². The van der Waals surface area contributed by atoms with Gasteiger partial charge in [0.05, 0.1) is 6.61 Å². The molecule has 4 heteroatoms. The van der Waals surface area contributed by atoms with Crippen LogP contribution in [0.15, 0.2) is 51.8 Å². The molecule has 0 saturated carbocycles. The first-order valence-corrected chi connectivity index (χ1v) is 7.23. The molecule has 0 saturated heterocycles. The van der Waals surface area contributed by atoms with E-state index in [1.54, 1.807) is 23.9 Å². The normalized spacial score (nSPS) is 10.6. The molecule has 0 amide bonds. The van der Waals surface area contributed by atoms with Crippen LogP contribution in [0.3, 0.4) is 0 Å². The summed E-state index contributed by atoms with van der Waals surface area (Å²) in [5.41, 5.74) is 1.56. The van der Waals surface area contributed by atoms with Crippen LogP contribution in [0.25, 0.3) is 0 Å². The molecule has 0 aliphatic carbocycles. The van der Waals surface area contributed by atoms with Crippen LogP contribution < -0.4 is 0 Å². The Bertz CT molecular complexity index is 528. The van der Waals surface area contributed by atoms with E-state index in [4.69, 9.17) is 5.11 Å². The highest BCUT2D eigenvalue weighted by Crippen LogP contribution is 2.26. The van der Waals surface area contributed by atoms with E-state index in [0.29, 0.717) is 11.3 Å². The molecule has 0 unspecified atom stereocenters. The number of hydrogen-bond donors (Lipinski definition) is 1. The molecule has 0 aliphatic rings. The van der Waals surface area contributed by atoms with E-state index in [-0.39, 0.29) is 12.4 Å². The van der Waals surface area contributed by atoms with Crippen LogP contribution in [0.5, 0.6) is 0 Å². The van der Waals surface area contributed by atoms with Gasteiger partial charge in [0, 0.05) is 15.1 Å². The molecule has 2 rings (SSSR count). The summed E-state index contributed by atoms with van der Waals surface area (Å²) in [6.45, 7) is 0.0468. The number of halogens is 2. The predicted molar refractivity (Wildman–Crippen MR) is 76.0 cm³/mol. The van der Waals surface area contributed by atoms with Crippen LogP contribution in [0.4, 0.5) is 4.39 Å². The van der Waals surface area contributed by atoms with Gasteiger partial charge in [0.15, 0.2) is 0 Å². The second kappa shape index (κ2) is 6.36. The van der Waals surface area contributed by atoms with Crippen molar-refractivity contribution in [1.29, 1.82) is 0 Å². The average Bonchev–Trinajstić information content (AvgIpc) is 2.40. The molecule has 0 aromatic heterocycles. The third kappa shape index (κ3) is 3.57. The molecule has 0 aliphatic heterocycles. The van der Waals surface area contributed by atoms with Crippen LogP contribution in [0, 0.1) is 5.82 Å². The summed E-state index contributed by atoms with van der Waals surface area (Å²) in [5.74, 6) is 0.404. The molecule has 1 N–H and O–H groups in total. The Morgan fingerprint density at radius 2 is 1.83 bits per heavy atom. The lowest BCUT2D eigenvalue weighted by Gasteiger charge is -2.05. The Hall–Kier alpha value is -0.840. The monoisotopic (exact) mass is 326 g/mol. The van der Waals surface area contributed by atoms with Gasteiger partial charge in [0.2, 0.25) is 0 Å². The van der Waals surface area contributed by atoms with Gasteiger partial charge in [0.1, 0.15) is 5.82 Å². The third-order valence-corrected chi connectivity index (χ3v) is 4.06. The van der Waals surface area contributed by atoms with Crippen molar-refractivity contribution < 1.29 is 9.50 Å². The van der Waals surface area contributed by atoms with Crippen molar-refractivity contribution in [3.63, 3.8) is 0 Å². The lowest BCUT2D eigenvalue weighted by molar-refractivity contribution is 0.282. The Kier molecular flexibility index (Phi) is 4.80. The van der Waals surface area contributed by atoms with E-state index in [1.165, 1.54) is 6.07 Å². The molecular formula is C14H12BrFOS. The van der Waals surface area contributed by atoms with Crippen molar-refractivity contribution in [2.24, 2.45) is 0 Å². The van der Waals surface area contributed by atoms with Gasteiger partial charge in [-0.15, -0.1) is 11.8 Å². The summed E-state index contributed by atoms with van der Waals surface area (Å²) in [4.78, 5) is 1.06. The topological polar surface area (TPSA) is 20.2 Å². The molecule has 18 heavy (non-hydrogen) atoms. The maximum atomic E-state index is 13.5. The van der Waals surface area contributed by atoms with Crippen molar-refractivity contribution in [2.75, 3.05) is 0 Å².